The Bertz CT molecular complexity index is 1050. The van der Waals surface area contributed by atoms with Crippen molar-refractivity contribution in [3.8, 4) is 11.5 Å². The minimum Gasteiger partial charge on any atom is -0.494 e. The Morgan fingerprint density at radius 2 is 1.58 bits per heavy atom. The number of benzene rings is 3. The minimum atomic E-state index is -0.306. The van der Waals surface area contributed by atoms with E-state index < -0.39 is 0 Å². The fraction of sp³-hybridized carbons (Fsp3) is 0.185. The van der Waals surface area contributed by atoms with Crippen molar-refractivity contribution >= 4 is 35.0 Å². The summed E-state index contributed by atoms with van der Waals surface area (Å²) in [7, 11) is 0. The molecule has 33 heavy (non-hydrogen) atoms. The molecule has 0 fully saturated rings. The molecule has 0 bridgehead atoms. The van der Waals surface area contributed by atoms with E-state index in [0.29, 0.717) is 13.2 Å². The number of hydrogen-bond acceptors (Lipinski definition) is 4. The van der Waals surface area contributed by atoms with Gasteiger partial charge in [0.1, 0.15) is 11.5 Å². The van der Waals surface area contributed by atoms with Crippen LogP contribution in [0.2, 0.25) is 0 Å². The smallest absolute Gasteiger partial charge is 0.250 e. The van der Waals surface area contributed by atoms with Crippen molar-refractivity contribution in [2.24, 2.45) is 0 Å². The molecule has 6 heteroatoms. The lowest BCUT2D eigenvalue weighted by Crippen LogP contribution is -2.32. The van der Waals surface area contributed by atoms with Gasteiger partial charge in [-0.2, -0.15) is 0 Å². The molecule has 0 aromatic heterocycles. The van der Waals surface area contributed by atoms with Gasteiger partial charge in [0, 0.05) is 11.8 Å². The number of thiocarbonyl (C=S) groups is 1. The summed E-state index contributed by atoms with van der Waals surface area (Å²) in [6.45, 7) is 3.20. The van der Waals surface area contributed by atoms with Crippen molar-refractivity contribution in [2.45, 2.75) is 19.8 Å². The normalized spacial score (nSPS) is 10.6. The first-order valence-corrected chi connectivity index (χ1v) is 11.3. The lowest BCUT2D eigenvalue weighted by Gasteiger charge is -2.10. The third-order valence-corrected chi connectivity index (χ3v) is 4.89. The van der Waals surface area contributed by atoms with Gasteiger partial charge in [-0.1, -0.05) is 42.5 Å². The van der Waals surface area contributed by atoms with Crippen molar-refractivity contribution in [1.29, 1.82) is 0 Å². The number of aryl methyl sites for hydroxylation is 1. The quantitative estimate of drug-likeness (QED) is 0.234. The number of carbonyl (C=O) groups is 1. The van der Waals surface area contributed by atoms with E-state index in [2.05, 4.69) is 22.8 Å². The van der Waals surface area contributed by atoms with Crippen molar-refractivity contribution in [2.75, 3.05) is 18.5 Å². The summed E-state index contributed by atoms with van der Waals surface area (Å²) < 4.78 is 11.2. The van der Waals surface area contributed by atoms with Gasteiger partial charge in [-0.25, -0.2) is 0 Å². The number of carbonyl (C=O) groups excluding carboxylic acids is 1. The van der Waals surface area contributed by atoms with Crippen LogP contribution in [-0.4, -0.2) is 24.2 Å². The van der Waals surface area contributed by atoms with Gasteiger partial charge < -0.3 is 14.8 Å². The molecule has 0 spiro atoms. The summed E-state index contributed by atoms with van der Waals surface area (Å²) in [6.07, 6.45) is 5.10. The van der Waals surface area contributed by atoms with E-state index in [-0.39, 0.29) is 11.0 Å². The molecule has 3 aromatic carbocycles. The number of hydrogen-bond donors (Lipinski definition) is 2. The molecule has 0 aliphatic heterocycles. The van der Waals surface area contributed by atoms with E-state index in [9.17, 15) is 4.79 Å². The predicted molar refractivity (Wildman–Crippen MR) is 138 cm³/mol. The summed E-state index contributed by atoms with van der Waals surface area (Å²) in [5.74, 6) is 1.29. The maximum Gasteiger partial charge on any atom is 0.250 e. The van der Waals surface area contributed by atoms with Crippen LogP contribution >= 0.6 is 12.2 Å². The van der Waals surface area contributed by atoms with Crippen LogP contribution in [0.25, 0.3) is 6.08 Å². The number of ether oxygens (including phenoxy) is 2. The van der Waals surface area contributed by atoms with Crippen molar-refractivity contribution in [3.63, 3.8) is 0 Å². The zero-order valence-electron chi connectivity index (χ0n) is 18.6. The zero-order chi connectivity index (χ0) is 23.3. The maximum absolute atomic E-state index is 12.1. The standard InChI is InChI=1S/C27H28N2O3S/c1-2-31-24-15-10-22(11-16-24)12-19-26(30)29-27(33)28-23-13-17-25(18-14-23)32-20-6-9-21-7-4-3-5-8-21/h3-5,7-8,10-19H,2,6,9,20H2,1H3,(H2,28,29,30,33)/b19-12+. The van der Waals surface area contributed by atoms with E-state index in [1.165, 1.54) is 11.6 Å². The SMILES string of the molecule is CCOc1ccc(/C=C/C(=O)NC(=S)Nc2ccc(OCCCc3ccccc3)cc2)cc1. The third kappa shape index (κ3) is 8.79. The summed E-state index contributed by atoms with van der Waals surface area (Å²) in [6, 6.07) is 25.3. The van der Waals surface area contributed by atoms with Crippen LogP contribution in [0.15, 0.2) is 84.9 Å². The van der Waals surface area contributed by atoms with E-state index in [1.807, 2.05) is 73.7 Å². The first kappa shape index (κ1) is 24.0. The van der Waals surface area contributed by atoms with E-state index in [4.69, 9.17) is 21.7 Å². The van der Waals surface area contributed by atoms with Crippen LogP contribution < -0.4 is 20.1 Å². The average molecular weight is 461 g/mol. The van der Waals surface area contributed by atoms with Gasteiger partial charge in [0.25, 0.3) is 0 Å². The molecule has 0 aliphatic rings. The van der Waals surface area contributed by atoms with Gasteiger partial charge in [-0.05, 0) is 85.6 Å². The molecular formula is C27H28N2O3S. The van der Waals surface area contributed by atoms with Crippen LogP contribution in [0.5, 0.6) is 11.5 Å². The molecule has 0 heterocycles. The number of nitrogens with one attached hydrogen (secondary N) is 2. The molecule has 3 rings (SSSR count). The summed E-state index contributed by atoms with van der Waals surface area (Å²) in [5, 5.41) is 5.87. The van der Waals surface area contributed by atoms with Crippen molar-refractivity contribution < 1.29 is 14.3 Å². The van der Waals surface area contributed by atoms with Gasteiger partial charge in [-0.3, -0.25) is 10.1 Å². The predicted octanol–water partition coefficient (Wildman–Crippen LogP) is 5.62. The Morgan fingerprint density at radius 1 is 0.909 bits per heavy atom. The van der Waals surface area contributed by atoms with E-state index in [1.54, 1.807) is 6.08 Å². The molecule has 0 unspecified atom stereocenters. The number of rotatable bonds is 10. The fourth-order valence-corrected chi connectivity index (χ4v) is 3.29. The van der Waals surface area contributed by atoms with Crippen LogP contribution in [0.4, 0.5) is 5.69 Å². The van der Waals surface area contributed by atoms with Gasteiger partial charge in [-0.15, -0.1) is 0 Å². The molecule has 0 radical (unpaired) electrons. The number of anilines is 1. The van der Waals surface area contributed by atoms with Gasteiger partial charge >= 0.3 is 0 Å². The Kier molecular flexibility index (Phi) is 9.48. The molecule has 0 saturated heterocycles. The molecule has 1 amide bonds. The Labute approximate surface area is 200 Å². The molecule has 2 N–H and O–H groups in total. The van der Waals surface area contributed by atoms with Crippen molar-refractivity contribution in [1.82, 2.24) is 5.32 Å². The van der Waals surface area contributed by atoms with Crippen LogP contribution in [0, 0.1) is 0 Å². The third-order valence-electron chi connectivity index (χ3n) is 4.69. The van der Waals surface area contributed by atoms with Gasteiger partial charge in [0.2, 0.25) is 5.91 Å². The monoisotopic (exact) mass is 460 g/mol. The molecular weight excluding hydrogens is 432 g/mol. The molecule has 3 aromatic rings. The molecule has 170 valence electrons. The van der Waals surface area contributed by atoms with Crippen LogP contribution in [0.3, 0.4) is 0 Å². The fourth-order valence-electron chi connectivity index (χ4n) is 3.08. The zero-order valence-corrected chi connectivity index (χ0v) is 19.4. The second-order valence-corrected chi connectivity index (χ2v) is 7.65. The van der Waals surface area contributed by atoms with Crippen LogP contribution in [-0.2, 0) is 11.2 Å². The summed E-state index contributed by atoms with van der Waals surface area (Å²) in [4.78, 5) is 12.1. The highest BCUT2D eigenvalue weighted by molar-refractivity contribution is 7.80. The second kappa shape index (κ2) is 13.0. The topological polar surface area (TPSA) is 59.6 Å². The van der Waals surface area contributed by atoms with Gasteiger partial charge in [0.05, 0.1) is 13.2 Å². The molecule has 0 atom stereocenters. The van der Waals surface area contributed by atoms with E-state index >= 15 is 0 Å². The lowest BCUT2D eigenvalue weighted by atomic mass is 10.1. The highest BCUT2D eigenvalue weighted by Gasteiger charge is 2.03. The Morgan fingerprint density at radius 3 is 2.27 bits per heavy atom. The average Bonchev–Trinajstić information content (AvgIpc) is 2.83. The Hall–Kier alpha value is -3.64. The second-order valence-electron chi connectivity index (χ2n) is 7.24. The maximum atomic E-state index is 12.1. The minimum absolute atomic E-state index is 0.230. The highest BCUT2D eigenvalue weighted by Crippen LogP contribution is 2.16. The molecule has 0 saturated carbocycles. The summed E-state index contributed by atoms with van der Waals surface area (Å²) >= 11 is 5.23. The largest absolute Gasteiger partial charge is 0.494 e. The Balaban J connectivity index is 1.38. The lowest BCUT2D eigenvalue weighted by molar-refractivity contribution is -0.115. The summed E-state index contributed by atoms with van der Waals surface area (Å²) in [5.41, 5.74) is 2.98. The highest BCUT2D eigenvalue weighted by atomic mass is 32.1. The van der Waals surface area contributed by atoms with Crippen LogP contribution in [0.1, 0.15) is 24.5 Å². The van der Waals surface area contributed by atoms with E-state index in [0.717, 1.165) is 35.6 Å². The first-order valence-electron chi connectivity index (χ1n) is 10.9. The van der Waals surface area contributed by atoms with Gasteiger partial charge in [0.15, 0.2) is 5.11 Å². The molecule has 0 aliphatic carbocycles. The van der Waals surface area contributed by atoms with Crippen molar-refractivity contribution in [3.05, 3.63) is 96.1 Å². The number of amides is 1. The first-order chi connectivity index (χ1) is 16.1. The molecule has 5 nitrogen and oxygen atoms in total.